The molecule has 0 spiro atoms. The molecule has 2 aromatic heterocycles. The van der Waals surface area contributed by atoms with Crippen LogP contribution in [0, 0.1) is 12.3 Å². The van der Waals surface area contributed by atoms with E-state index in [1.807, 2.05) is 45.0 Å². The summed E-state index contributed by atoms with van der Waals surface area (Å²) in [4.78, 5) is 0. The fourth-order valence-corrected chi connectivity index (χ4v) is 5.93. The number of aryl methyl sites for hydroxylation is 2. The summed E-state index contributed by atoms with van der Waals surface area (Å²) in [5, 5.41) is 7.09. The smallest absolute Gasteiger partial charge is 0.216 e. The first-order valence-electron chi connectivity index (χ1n) is 14.9. The van der Waals surface area contributed by atoms with Gasteiger partial charge in [-0.2, -0.15) is 0 Å². The van der Waals surface area contributed by atoms with Gasteiger partial charge in [-0.15, -0.1) is 0 Å². The summed E-state index contributed by atoms with van der Waals surface area (Å²) in [7, 11) is 2.07. The van der Waals surface area contributed by atoms with Crippen LogP contribution in [-0.4, -0.2) is 0 Å². The highest BCUT2D eigenvalue weighted by molar-refractivity contribution is 6.17. The van der Waals surface area contributed by atoms with Crippen LogP contribution < -0.4 is 4.57 Å². The molecule has 0 fully saturated rings. The van der Waals surface area contributed by atoms with Crippen LogP contribution >= 0.6 is 0 Å². The maximum Gasteiger partial charge on any atom is 0.216 e. The van der Waals surface area contributed by atoms with Crippen LogP contribution in [0.25, 0.3) is 65.9 Å². The number of hydrogen-bond acceptors (Lipinski definition) is 1. The number of aromatic nitrogens is 1. The zero-order chi connectivity index (χ0) is 29.4. The van der Waals surface area contributed by atoms with Crippen LogP contribution in [0.15, 0.2) is 108 Å². The van der Waals surface area contributed by atoms with Gasteiger partial charge in [0.1, 0.15) is 18.2 Å². The molecule has 0 aliphatic carbocycles. The van der Waals surface area contributed by atoms with E-state index >= 15 is 0 Å². The Morgan fingerprint density at radius 2 is 1.50 bits per heavy atom. The molecule has 5 aromatic carbocycles. The summed E-state index contributed by atoms with van der Waals surface area (Å²) < 4.78 is 26.2. The zero-order valence-corrected chi connectivity index (χ0v) is 23.7. The van der Waals surface area contributed by atoms with Crippen LogP contribution in [0.2, 0.25) is 0 Å². The van der Waals surface area contributed by atoms with Gasteiger partial charge in [-0.25, -0.2) is 4.57 Å². The van der Waals surface area contributed by atoms with Gasteiger partial charge in [0.05, 0.1) is 5.56 Å². The van der Waals surface area contributed by atoms with Gasteiger partial charge in [0.15, 0.2) is 6.20 Å². The van der Waals surface area contributed by atoms with Crippen molar-refractivity contribution in [2.24, 2.45) is 12.5 Å². The van der Waals surface area contributed by atoms with E-state index in [0.29, 0.717) is 5.56 Å². The molecule has 2 heteroatoms. The van der Waals surface area contributed by atoms with E-state index in [2.05, 4.69) is 97.5 Å². The average Bonchev–Trinajstić information content (AvgIpc) is 3.33. The highest BCUT2D eigenvalue weighted by atomic mass is 16.3. The lowest BCUT2D eigenvalue weighted by Crippen LogP contribution is -2.30. The number of benzene rings is 5. The van der Waals surface area contributed by atoms with Gasteiger partial charge in [0, 0.05) is 25.6 Å². The number of nitrogens with zero attached hydrogens (tertiary/aromatic N) is 1. The van der Waals surface area contributed by atoms with E-state index < -0.39 is 11.8 Å². The minimum atomic E-state index is -1.43. The molecule has 0 bridgehead atoms. The second-order valence-electron chi connectivity index (χ2n) is 12.0. The summed E-state index contributed by atoms with van der Waals surface area (Å²) in [5.41, 5.74) is 7.43. The second-order valence-corrected chi connectivity index (χ2v) is 12.0. The van der Waals surface area contributed by atoms with Gasteiger partial charge >= 0.3 is 0 Å². The fourth-order valence-electron chi connectivity index (χ4n) is 5.93. The van der Waals surface area contributed by atoms with Crippen LogP contribution in [0.4, 0.5) is 0 Å². The molecule has 0 unspecified atom stereocenters. The standard InChI is InChI=1S/C38H34NO/c1-24-10-17-31-33-20-29-16-15-27-8-6-7-9-30(27)32(29)22-35(33)40-37(31)36(24)34-21-28(18-19-39(34)5)26-13-11-25(12-14-26)23-38(2,3)4/h6-22H,23H2,1-5H3/q+1/i23D2. The maximum atomic E-state index is 8.65. The number of rotatable bonds is 3. The molecule has 2 nitrogen and oxygen atoms in total. The Labute approximate surface area is 238 Å². The molecule has 0 amide bonds. The first kappa shape index (κ1) is 22.4. The molecule has 0 saturated heterocycles. The lowest BCUT2D eigenvalue weighted by Gasteiger charge is -2.18. The van der Waals surface area contributed by atoms with E-state index in [0.717, 1.165) is 49.9 Å². The molecule has 40 heavy (non-hydrogen) atoms. The molecule has 2 heterocycles. The maximum absolute atomic E-state index is 8.65. The Kier molecular flexibility index (Phi) is 5.07. The van der Waals surface area contributed by atoms with Gasteiger partial charge in [0.25, 0.3) is 0 Å². The van der Waals surface area contributed by atoms with Crippen LogP contribution in [0.1, 0.15) is 34.6 Å². The molecule has 196 valence electrons. The molecule has 0 N–H and O–H groups in total. The van der Waals surface area contributed by atoms with Crippen molar-refractivity contribution in [1.29, 1.82) is 0 Å². The molecular weight excluding hydrogens is 486 g/mol. The monoisotopic (exact) mass is 522 g/mol. The van der Waals surface area contributed by atoms with Crippen LogP contribution in [-0.2, 0) is 13.4 Å². The van der Waals surface area contributed by atoms with Gasteiger partial charge in [-0.1, -0.05) is 93.6 Å². The summed E-state index contributed by atoms with van der Waals surface area (Å²) in [5.74, 6) is 0. The van der Waals surface area contributed by atoms with Gasteiger partial charge in [0.2, 0.25) is 5.69 Å². The first-order valence-corrected chi connectivity index (χ1v) is 13.9. The lowest BCUT2D eigenvalue weighted by atomic mass is 9.87. The quantitative estimate of drug-likeness (QED) is 0.167. The van der Waals surface area contributed by atoms with Gasteiger partial charge < -0.3 is 4.42 Å². The number of fused-ring (bicyclic) bond motifs is 6. The van der Waals surface area contributed by atoms with Crippen molar-refractivity contribution in [3.05, 3.63) is 114 Å². The Bertz CT molecular complexity index is 2170. The summed E-state index contributed by atoms with van der Waals surface area (Å²) >= 11 is 0. The van der Waals surface area contributed by atoms with Gasteiger partial charge in [-0.05, 0) is 74.6 Å². The van der Waals surface area contributed by atoms with E-state index in [-0.39, 0.29) is 0 Å². The molecule has 0 atom stereocenters. The summed E-state index contributed by atoms with van der Waals surface area (Å²) in [6.07, 6.45) is 0.666. The first-order chi connectivity index (χ1) is 20.0. The highest BCUT2D eigenvalue weighted by Crippen LogP contribution is 2.40. The van der Waals surface area contributed by atoms with Crippen molar-refractivity contribution < 1.29 is 11.7 Å². The topological polar surface area (TPSA) is 17.0 Å². The summed E-state index contributed by atoms with van der Waals surface area (Å²) in [6, 6.07) is 34.0. The molecular formula is C38H34NO+. The normalized spacial score (nSPS) is 13.3. The van der Waals surface area contributed by atoms with E-state index in [1.54, 1.807) is 0 Å². The van der Waals surface area contributed by atoms with E-state index in [9.17, 15) is 0 Å². The number of hydrogen-bond donors (Lipinski definition) is 0. The van der Waals surface area contributed by atoms with E-state index in [1.165, 1.54) is 21.5 Å². The Morgan fingerprint density at radius 3 is 2.30 bits per heavy atom. The highest BCUT2D eigenvalue weighted by Gasteiger charge is 2.22. The van der Waals surface area contributed by atoms with Crippen LogP contribution in [0.3, 0.4) is 0 Å². The van der Waals surface area contributed by atoms with Crippen molar-refractivity contribution >= 4 is 43.5 Å². The van der Waals surface area contributed by atoms with E-state index in [4.69, 9.17) is 7.16 Å². The molecule has 7 rings (SSSR count). The Hall–Kier alpha value is -4.43. The minimum Gasteiger partial charge on any atom is -0.455 e. The Morgan fingerprint density at radius 1 is 0.725 bits per heavy atom. The SMILES string of the molecule is [2H]C([2H])(c1ccc(-c2cc[n+](C)c(-c3c(C)ccc4c3oc3cc5c(ccc6ccccc65)cc34)c2)cc1)C(C)(C)C. The molecule has 0 saturated carbocycles. The second kappa shape index (κ2) is 9.06. The van der Waals surface area contributed by atoms with Crippen LogP contribution in [0.5, 0.6) is 0 Å². The predicted molar refractivity (Wildman–Crippen MR) is 169 cm³/mol. The minimum absolute atomic E-state index is 0.496. The van der Waals surface area contributed by atoms with Crippen molar-refractivity contribution in [2.45, 2.75) is 34.1 Å². The average molecular weight is 523 g/mol. The van der Waals surface area contributed by atoms with Gasteiger partial charge in [-0.3, -0.25) is 0 Å². The number of pyridine rings is 1. The third-order valence-corrected chi connectivity index (χ3v) is 7.86. The largest absolute Gasteiger partial charge is 0.455 e. The molecule has 7 aromatic rings. The lowest BCUT2D eigenvalue weighted by molar-refractivity contribution is -0.660. The predicted octanol–water partition coefficient (Wildman–Crippen LogP) is 9.95. The third kappa shape index (κ3) is 4.16. The fraction of sp³-hybridized carbons (Fsp3) is 0.184. The molecule has 0 aliphatic heterocycles. The third-order valence-electron chi connectivity index (χ3n) is 7.86. The van der Waals surface area contributed by atoms with Crippen molar-refractivity contribution in [3.63, 3.8) is 0 Å². The number of furan rings is 1. The van der Waals surface area contributed by atoms with Crippen molar-refractivity contribution in [2.75, 3.05) is 0 Å². The molecule has 0 radical (unpaired) electrons. The van der Waals surface area contributed by atoms with Crippen molar-refractivity contribution in [1.82, 2.24) is 0 Å². The van der Waals surface area contributed by atoms with Crippen molar-refractivity contribution in [3.8, 4) is 22.4 Å². The zero-order valence-electron chi connectivity index (χ0n) is 25.7. The molecule has 0 aliphatic rings. The Balaban J connectivity index is 1.39. The summed E-state index contributed by atoms with van der Waals surface area (Å²) in [6.45, 7) is 7.96.